The zero-order chi connectivity index (χ0) is 19.4. The van der Waals surface area contributed by atoms with E-state index in [-0.39, 0.29) is 5.04 Å². The molecule has 0 unspecified atom stereocenters. The molecule has 0 saturated heterocycles. The Bertz CT molecular complexity index is 815. The van der Waals surface area contributed by atoms with Crippen LogP contribution in [-0.4, -0.2) is 23.1 Å². The average molecular weight is 392 g/mol. The van der Waals surface area contributed by atoms with Crippen LogP contribution in [0.4, 0.5) is 5.69 Å². The van der Waals surface area contributed by atoms with Gasteiger partial charge in [0.2, 0.25) is 5.62 Å². The van der Waals surface area contributed by atoms with Crippen molar-refractivity contribution in [2.75, 3.05) is 6.26 Å². The Hall–Kier alpha value is -1.64. The van der Waals surface area contributed by atoms with Crippen LogP contribution in [0.15, 0.2) is 52.1 Å². The van der Waals surface area contributed by atoms with Gasteiger partial charge < -0.3 is 8.99 Å². The van der Waals surface area contributed by atoms with E-state index in [2.05, 4.69) is 49.3 Å². The van der Waals surface area contributed by atoms with Gasteiger partial charge in [0.15, 0.2) is 8.32 Å². The Labute approximate surface area is 161 Å². The van der Waals surface area contributed by atoms with Crippen molar-refractivity contribution in [2.45, 2.75) is 45.5 Å². The van der Waals surface area contributed by atoms with E-state index >= 15 is 0 Å². The van der Waals surface area contributed by atoms with Crippen molar-refractivity contribution in [3.05, 3.63) is 47.8 Å². The number of imidazole rings is 1. The van der Waals surface area contributed by atoms with Gasteiger partial charge in [0.25, 0.3) is 0 Å². The lowest BCUT2D eigenvalue weighted by atomic mass is 10.2. The Kier molecular flexibility index (Phi) is 6.65. The summed E-state index contributed by atoms with van der Waals surface area (Å²) in [6, 6.07) is 7.95. The van der Waals surface area contributed by atoms with Crippen molar-refractivity contribution in [2.24, 2.45) is 22.5 Å². The van der Waals surface area contributed by atoms with Crippen LogP contribution >= 0.6 is 11.9 Å². The van der Waals surface area contributed by atoms with Crippen molar-refractivity contribution >= 4 is 26.0 Å². The lowest BCUT2D eigenvalue weighted by Gasteiger charge is -2.36. The van der Waals surface area contributed by atoms with Gasteiger partial charge in [-0.1, -0.05) is 38.0 Å². The molecular weight excluding hydrogens is 362 g/mol. The van der Waals surface area contributed by atoms with E-state index in [0.29, 0.717) is 6.61 Å². The molecule has 0 aliphatic rings. The average Bonchev–Trinajstić information content (AvgIpc) is 2.93. The van der Waals surface area contributed by atoms with Gasteiger partial charge >= 0.3 is 0 Å². The standard InChI is InChI=1S/C18H29N5OSSi/c1-18(2,3)26(6,7)24-14-15-8-10-16(11-9-15)19-21-20-17-22(4)12-13-23(17)25-5/h8-13H,14H2,1-7H3/b20-17-,21-19?. The molecule has 0 N–H and O–H groups in total. The Morgan fingerprint density at radius 1 is 1.12 bits per heavy atom. The second-order valence-electron chi connectivity index (χ2n) is 7.72. The maximum Gasteiger partial charge on any atom is 0.241 e. The summed E-state index contributed by atoms with van der Waals surface area (Å²) >= 11 is 1.56. The van der Waals surface area contributed by atoms with Gasteiger partial charge in [-0.15, -0.1) is 5.11 Å². The lowest BCUT2D eigenvalue weighted by molar-refractivity contribution is 0.276. The third-order valence-electron chi connectivity index (χ3n) is 4.77. The highest BCUT2D eigenvalue weighted by molar-refractivity contribution is 7.97. The third kappa shape index (κ3) is 5.18. The summed E-state index contributed by atoms with van der Waals surface area (Å²) in [5, 5.41) is 12.6. The summed E-state index contributed by atoms with van der Waals surface area (Å²) in [7, 11) is 0.198. The third-order valence-corrected chi connectivity index (χ3v) is 9.93. The largest absolute Gasteiger partial charge is 0.413 e. The molecule has 0 amide bonds. The smallest absolute Gasteiger partial charge is 0.241 e. The number of hydrogen-bond donors (Lipinski definition) is 0. The fourth-order valence-electron chi connectivity index (χ4n) is 1.96. The molecule has 26 heavy (non-hydrogen) atoms. The molecule has 1 aromatic carbocycles. The molecule has 8 heteroatoms. The van der Waals surface area contributed by atoms with E-state index < -0.39 is 8.32 Å². The van der Waals surface area contributed by atoms with Crippen LogP contribution in [0.1, 0.15) is 26.3 Å². The number of nitrogens with zero attached hydrogens (tertiary/aromatic N) is 5. The van der Waals surface area contributed by atoms with Crippen molar-refractivity contribution in [1.29, 1.82) is 0 Å². The van der Waals surface area contributed by atoms with Gasteiger partial charge in [-0.3, -0.25) is 3.97 Å². The molecule has 0 radical (unpaired) electrons. The van der Waals surface area contributed by atoms with E-state index in [1.165, 1.54) is 0 Å². The summed E-state index contributed by atoms with van der Waals surface area (Å²) in [5.41, 5.74) is 2.66. The molecule has 142 valence electrons. The van der Waals surface area contributed by atoms with E-state index in [9.17, 15) is 0 Å². The predicted molar refractivity (Wildman–Crippen MR) is 111 cm³/mol. The number of benzene rings is 1. The molecule has 0 fully saturated rings. The minimum Gasteiger partial charge on any atom is -0.413 e. The van der Waals surface area contributed by atoms with Crippen LogP contribution in [0.2, 0.25) is 18.1 Å². The second-order valence-corrected chi connectivity index (χ2v) is 13.3. The molecular formula is C18H29N5OSSi. The quantitative estimate of drug-likeness (QED) is 0.392. The van der Waals surface area contributed by atoms with Crippen LogP contribution in [0, 0.1) is 0 Å². The Morgan fingerprint density at radius 2 is 1.77 bits per heavy atom. The monoisotopic (exact) mass is 391 g/mol. The lowest BCUT2D eigenvalue weighted by Crippen LogP contribution is -2.40. The first kappa shape index (κ1) is 20.7. The summed E-state index contributed by atoms with van der Waals surface area (Å²) in [6.45, 7) is 11.9. The molecule has 1 heterocycles. The van der Waals surface area contributed by atoms with Gasteiger partial charge in [0.1, 0.15) is 0 Å². The van der Waals surface area contributed by atoms with Gasteiger partial charge in [-0.2, -0.15) is 0 Å². The topological polar surface area (TPSA) is 56.2 Å². The minimum absolute atomic E-state index is 0.216. The maximum atomic E-state index is 6.25. The van der Waals surface area contributed by atoms with Crippen LogP contribution in [0.3, 0.4) is 0 Å². The Balaban J connectivity index is 2.03. The van der Waals surface area contributed by atoms with Crippen LogP contribution in [0.25, 0.3) is 0 Å². The van der Waals surface area contributed by atoms with Crippen molar-refractivity contribution in [1.82, 2.24) is 8.54 Å². The van der Waals surface area contributed by atoms with Gasteiger partial charge in [-0.05, 0) is 53.0 Å². The van der Waals surface area contributed by atoms with Crippen molar-refractivity contribution in [3.63, 3.8) is 0 Å². The first-order valence-corrected chi connectivity index (χ1v) is 12.7. The number of rotatable bonds is 6. The van der Waals surface area contributed by atoms with Crippen molar-refractivity contribution in [3.8, 4) is 0 Å². The Morgan fingerprint density at radius 3 is 2.35 bits per heavy atom. The zero-order valence-corrected chi connectivity index (χ0v) is 18.5. The van der Waals surface area contributed by atoms with E-state index in [4.69, 9.17) is 4.43 Å². The fraction of sp³-hybridized carbons (Fsp3) is 0.500. The zero-order valence-electron chi connectivity index (χ0n) is 16.7. The van der Waals surface area contributed by atoms with Gasteiger partial charge in [0, 0.05) is 25.7 Å². The highest BCUT2D eigenvalue weighted by Crippen LogP contribution is 2.37. The second kappa shape index (κ2) is 8.37. The van der Waals surface area contributed by atoms with Gasteiger partial charge in [0.05, 0.1) is 12.3 Å². The summed E-state index contributed by atoms with van der Waals surface area (Å²) in [4.78, 5) is 0. The molecule has 6 nitrogen and oxygen atoms in total. The molecule has 0 aliphatic heterocycles. The summed E-state index contributed by atoms with van der Waals surface area (Å²) < 4.78 is 10.1. The molecule has 0 atom stereocenters. The normalized spacial score (nSPS) is 13.7. The number of aryl methyl sites for hydroxylation is 1. The van der Waals surface area contributed by atoms with Crippen LogP contribution in [0.5, 0.6) is 0 Å². The SMILES string of the molecule is CSn1ccn(C)/c1=N/N=Nc1ccc(CO[Si](C)(C)C(C)(C)C)cc1. The van der Waals surface area contributed by atoms with Crippen molar-refractivity contribution < 1.29 is 4.43 Å². The number of hydrogen-bond acceptors (Lipinski definition) is 4. The first-order valence-electron chi connectivity index (χ1n) is 8.60. The molecule has 0 saturated carbocycles. The first-order chi connectivity index (χ1) is 12.1. The molecule has 2 aromatic rings. The molecule has 0 spiro atoms. The van der Waals surface area contributed by atoms with Gasteiger partial charge in [-0.25, -0.2) is 0 Å². The fourth-order valence-corrected chi connectivity index (χ4v) is 3.42. The summed E-state index contributed by atoms with van der Waals surface area (Å²) in [6.07, 6.45) is 5.86. The summed E-state index contributed by atoms with van der Waals surface area (Å²) in [5.74, 6) is 0. The highest BCUT2D eigenvalue weighted by Gasteiger charge is 2.36. The van der Waals surface area contributed by atoms with E-state index in [1.807, 2.05) is 58.5 Å². The van der Waals surface area contributed by atoms with Crippen LogP contribution < -0.4 is 5.62 Å². The van der Waals surface area contributed by atoms with E-state index in [0.717, 1.165) is 16.9 Å². The highest BCUT2D eigenvalue weighted by atomic mass is 32.2. The molecule has 2 rings (SSSR count). The maximum absolute atomic E-state index is 6.25. The predicted octanol–water partition coefficient (Wildman–Crippen LogP) is 5.07. The van der Waals surface area contributed by atoms with Crippen LogP contribution in [-0.2, 0) is 18.1 Å². The molecule has 0 aliphatic carbocycles. The minimum atomic E-state index is -1.73. The molecule has 1 aromatic heterocycles. The van der Waals surface area contributed by atoms with E-state index in [1.54, 1.807) is 11.9 Å². The molecule has 0 bridgehead atoms. The number of aromatic nitrogens is 2.